The molecule has 2 aromatic rings. The molecule has 1 aliphatic rings. The number of hydrogen-bond acceptors (Lipinski definition) is 1. The van der Waals surface area contributed by atoms with E-state index in [0.29, 0.717) is 0 Å². The third kappa shape index (κ3) is 1.59. The Labute approximate surface area is 97.6 Å². The van der Waals surface area contributed by atoms with E-state index in [4.69, 9.17) is 0 Å². The molecule has 1 atom stereocenters. The van der Waals surface area contributed by atoms with Crippen molar-refractivity contribution >= 4 is 25.9 Å². The van der Waals surface area contributed by atoms with Gasteiger partial charge in [-0.1, -0.05) is 24.3 Å². The van der Waals surface area contributed by atoms with E-state index in [1.165, 1.54) is 22.0 Å². The molecule has 0 amide bonds. The molecule has 1 N–H and O–H groups in total. The molecule has 0 saturated carbocycles. The predicted octanol–water partition coefficient (Wildman–Crippen LogP) is 2.66. The van der Waals surface area contributed by atoms with Gasteiger partial charge in [0.1, 0.15) is 0 Å². The summed E-state index contributed by atoms with van der Waals surface area (Å²) < 4.78 is 2.13. The third-order valence-corrected chi connectivity index (χ3v) is 3.58. The van der Waals surface area contributed by atoms with Crippen LogP contribution in [0.5, 0.6) is 0 Å². The van der Waals surface area contributed by atoms with Crippen LogP contribution in [0.1, 0.15) is 12.0 Å². The highest BCUT2D eigenvalue weighted by atomic mass is 31.0. The lowest BCUT2D eigenvalue weighted by Crippen LogP contribution is -2.19. The van der Waals surface area contributed by atoms with Crippen LogP contribution in [-0.4, -0.2) is 17.4 Å². The van der Waals surface area contributed by atoms with Gasteiger partial charge >= 0.3 is 0 Å². The first kappa shape index (κ1) is 10.1. The van der Waals surface area contributed by atoms with Gasteiger partial charge in [0.05, 0.1) is 5.52 Å². The molecule has 1 unspecified atom stereocenters. The van der Waals surface area contributed by atoms with Crippen LogP contribution in [0.4, 0.5) is 0 Å². The van der Waals surface area contributed by atoms with Crippen molar-refractivity contribution < 1.29 is 0 Å². The SMILES string of the molecule is Pn1cc(C2=CCNCC2)c2ccccc21. The van der Waals surface area contributed by atoms with Crippen LogP contribution < -0.4 is 5.32 Å². The molecule has 3 rings (SSSR count). The van der Waals surface area contributed by atoms with Crippen molar-refractivity contribution in [1.29, 1.82) is 0 Å². The molecule has 82 valence electrons. The maximum atomic E-state index is 3.35. The van der Waals surface area contributed by atoms with Crippen molar-refractivity contribution in [3.63, 3.8) is 0 Å². The normalized spacial score (nSPS) is 16.4. The molecular formula is C13H15N2P. The lowest BCUT2D eigenvalue weighted by molar-refractivity contribution is 0.739. The summed E-state index contributed by atoms with van der Waals surface area (Å²) >= 11 is 0. The fraction of sp³-hybridized carbons (Fsp3) is 0.231. The molecule has 0 saturated heterocycles. The van der Waals surface area contributed by atoms with Gasteiger partial charge < -0.3 is 9.65 Å². The summed E-state index contributed by atoms with van der Waals surface area (Å²) in [7, 11) is 2.76. The second-order valence-electron chi connectivity index (χ2n) is 4.15. The highest BCUT2D eigenvalue weighted by Gasteiger charge is 2.11. The fourth-order valence-electron chi connectivity index (χ4n) is 2.33. The summed E-state index contributed by atoms with van der Waals surface area (Å²) in [6, 6.07) is 8.56. The van der Waals surface area contributed by atoms with E-state index < -0.39 is 0 Å². The number of para-hydroxylation sites is 1. The maximum Gasteiger partial charge on any atom is 0.0515 e. The number of aromatic nitrogens is 1. The number of hydrogen-bond donors (Lipinski definition) is 1. The highest BCUT2D eigenvalue weighted by molar-refractivity contribution is 7.14. The molecule has 1 aromatic carbocycles. The lowest BCUT2D eigenvalue weighted by Gasteiger charge is -2.13. The smallest absolute Gasteiger partial charge is 0.0515 e. The van der Waals surface area contributed by atoms with Gasteiger partial charge in [-0.05, 0) is 34.0 Å². The summed E-state index contributed by atoms with van der Waals surface area (Å²) in [6.45, 7) is 2.08. The minimum absolute atomic E-state index is 0.992. The predicted molar refractivity (Wildman–Crippen MR) is 72.5 cm³/mol. The van der Waals surface area contributed by atoms with Crippen molar-refractivity contribution in [2.45, 2.75) is 6.42 Å². The molecule has 0 fully saturated rings. The third-order valence-electron chi connectivity index (χ3n) is 3.15. The Morgan fingerprint density at radius 2 is 2.12 bits per heavy atom. The molecule has 0 radical (unpaired) electrons. The van der Waals surface area contributed by atoms with Crippen molar-refractivity contribution in [1.82, 2.24) is 9.65 Å². The Balaban J connectivity index is 2.20. The van der Waals surface area contributed by atoms with E-state index in [1.807, 2.05) is 0 Å². The van der Waals surface area contributed by atoms with Gasteiger partial charge in [-0.15, -0.1) is 0 Å². The Bertz CT molecular complexity index is 554. The Morgan fingerprint density at radius 3 is 2.94 bits per heavy atom. The van der Waals surface area contributed by atoms with Crippen LogP contribution in [0.25, 0.3) is 16.5 Å². The quantitative estimate of drug-likeness (QED) is 0.745. The molecule has 2 heterocycles. The van der Waals surface area contributed by atoms with E-state index in [0.717, 1.165) is 19.5 Å². The van der Waals surface area contributed by atoms with Crippen molar-refractivity contribution in [3.8, 4) is 0 Å². The standard InChI is InChI=1S/C13H15N2P/c16-15-9-12(10-5-7-14-8-6-10)11-3-1-2-4-13(11)15/h1-5,9,14H,6-8,16H2. The van der Waals surface area contributed by atoms with Crippen LogP contribution in [0.3, 0.4) is 0 Å². The monoisotopic (exact) mass is 230 g/mol. The molecule has 1 aromatic heterocycles. The van der Waals surface area contributed by atoms with Gasteiger partial charge in [0.25, 0.3) is 0 Å². The molecule has 0 bridgehead atoms. The van der Waals surface area contributed by atoms with E-state index >= 15 is 0 Å². The zero-order chi connectivity index (χ0) is 11.0. The second-order valence-corrected chi connectivity index (χ2v) is 4.71. The molecule has 16 heavy (non-hydrogen) atoms. The van der Waals surface area contributed by atoms with Gasteiger partial charge in [-0.3, -0.25) is 0 Å². The molecule has 0 aliphatic carbocycles. The Kier molecular flexibility index (Phi) is 2.55. The highest BCUT2D eigenvalue weighted by Crippen LogP contribution is 2.30. The number of rotatable bonds is 1. The average molecular weight is 230 g/mol. The number of nitrogens with one attached hydrogen (secondary N) is 1. The Hall–Kier alpha value is -1.11. The van der Waals surface area contributed by atoms with E-state index in [-0.39, 0.29) is 0 Å². The van der Waals surface area contributed by atoms with Crippen molar-refractivity contribution in [2.24, 2.45) is 0 Å². The van der Waals surface area contributed by atoms with Crippen molar-refractivity contribution in [2.75, 3.05) is 13.1 Å². The fourth-order valence-corrected chi connectivity index (χ4v) is 2.70. The topological polar surface area (TPSA) is 17.0 Å². The van der Waals surface area contributed by atoms with Gasteiger partial charge in [0, 0.05) is 23.7 Å². The lowest BCUT2D eigenvalue weighted by atomic mass is 10.00. The van der Waals surface area contributed by atoms with Crippen molar-refractivity contribution in [3.05, 3.63) is 42.1 Å². The first-order valence-electron chi connectivity index (χ1n) is 5.61. The van der Waals surface area contributed by atoms with Crippen LogP contribution >= 0.6 is 9.39 Å². The van der Waals surface area contributed by atoms with Crippen LogP contribution in [0, 0.1) is 0 Å². The molecule has 1 aliphatic heterocycles. The Morgan fingerprint density at radius 1 is 1.25 bits per heavy atom. The average Bonchev–Trinajstić information content (AvgIpc) is 2.69. The zero-order valence-electron chi connectivity index (χ0n) is 9.11. The number of nitrogens with zero attached hydrogens (tertiary/aromatic N) is 1. The van der Waals surface area contributed by atoms with Gasteiger partial charge in [-0.25, -0.2) is 0 Å². The number of benzene rings is 1. The first-order valence-corrected chi connectivity index (χ1v) is 6.13. The van der Waals surface area contributed by atoms with Gasteiger partial charge in [0.2, 0.25) is 0 Å². The van der Waals surface area contributed by atoms with E-state index in [1.54, 1.807) is 0 Å². The number of fused-ring (bicyclic) bond motifs is 1. The second kappa shape index (κ2) is 4.04. The summed E-state index contributed by atoms with van der Waals surface area (Å²) in [6.07, 6.45) is 5.64. The van der Waals surface area contributed by atoms with E-state index in [2.05, 4.69) is 55.6 Å². The largest absolute Gasteiger partial charge is 0.331 e. The summed E-state index contributed by atoms with van der Waals surface area (Å²) in [4.78, 5) is 0. The van der Waals surface area contributed by atoms with Gasteiger partial charge in [-0.2, -0.15) is 0 Å². The summed E-state index contributed by atoms with van der Waals surface area (Å²) in [5.74, 6) is 0. The molecule has 2 nitrogen and oxygen atoms in total. The first-order chi connectivity index (χ1) is 7.86. The van der Waals surface area contributed by atoms with Crippen LogP contribution in [0.2, 0.25) is 0 Å². The zero-order valence-corrected chi connectivity index (χ0v) is 10.3. The summed E-state index contributed by atoms with van der Waals surface area (Å²) in [5.41, 5.74) is 4.13. The summed E-state index contributed by atoms with van der Waals surface area (Å²) in [5, 5.41) is 4.70. The minimum atomic E-state index is 0.992. The maximum absolute atomic E-state index is 3.35. The van der Waals surface area contributed by atoms with Crippen LogP contribution in [0.15, 0.2) is 36.5 Å². The molecule has 3 heteroatoms. The van der Waals surface area contributed by atoms with Crippen LogP contribution in [-0.2, 0) is 0 Å². The molecule has 0 spiro atoms. The molecular weight excluding hydrogens is 215 g/mol. The van der Waals surface area contributed by atoms with Gasteiger partial charge in [0.15, 0.2) is 0 Å². The minimum Gasteiger partial charge on any atom is -0.331 e. The van der Waals surface area contributed by atoms with E-state index in [9.17, 15) is 0 Å².